The van der Waals surface area contributed by atoms with Crippen LogP contribution in [0, 0.1) is 0 Å². The van der Waals surface area contributed by atoms with Crippen molar-refractivity contribution in [1.82, 2.24) is 5.32 Å². The van der Waals surface area contributed by atoms with Crippen LogP contribution in [0.25, 0.3) is 0 Å². The molecule has 0 fully saturated rings. The summed E-state index contributed by atoms with van der Waals surface area (Å²) in [6.07, 6.45) is 2.72. The maximum atomic E-state index is 12.3. The van der Waals surface area contributed by atoms with Crippen LogP contribution in [0.2, 0.25) is 0 Å². The van der Waals surface area contributed by atoms with Crippen molar-refractivity contribution in [1.29, 1.82) is 0 Å². The monoisotopic (exact) mass is 375 g/mol. The Kier molecular flexibility index (Phi) is 7.49. The van der Waals surface area contributed by atoms with Gasteiger partial charge in [0.1, 0.15) is 5.75 Å². The Morgan fingerprint density at radius 2 is 1.67 bits per heavy atom. The maximum absolute atomic E-state index is 12.3. The molecule has 1 amide bonds. The summed E-state index contributed by atoms with van der Waals surface area (Å²) < 4.78 is 33.8. The molecule has 7 heteroatoms. The van der Waals surface area contributed by atoms with E-state index in [2.05, 4.69) is 10.1 Å². The number of amides is 1. The van der Waals surface area contributed by atoms with Gasteiger partial charge >= 0.3 is 12.6 Å². The Morgan fingerprint density at radius 1 is 1.04 bits per heavy atom. The maximum Gasteiger partial charge on any atom is 0.387 e. The average molecular weight is 375 g/mol. The molecule has 2 rings (SSSR count). The summed E-state index contributed by atoms with van der Waals surface area (Å²) in [5.74, 6) is -1.08. The van der Waals surface area contributed by atoms with Crippen LogP contribution >= 0.6 is 0 Å². The molecule has 0 spiro atoms. The second kappa shape index (κ2) is 10.1. The molecule has 0 radical (unpaired) electrons. The lowest BCUT2D eigenvalue weighted by molar-refractivity contribution is -0.144. The van der Waals surface area contributed by atoms with E-state index in [0.717, 1.165) is 5.56 Å². The molecule has 0 heterocycles. The molecule has 2 aromatic rings. The van der Waals surface area contributed by atoms with Gasteiger partial charge < -0.3 is 14.8 Å². The van der Waals surface area contributed by atoms with Gasteiger partial charge in [-0.3, -0.25) is 4.79 Å². The number of halogens is 2. The lowest BCUT2D eigenvalue weighted by atomic mass is 9.98. The molecule has 0 unspecified atom stereocenters. The van der Waals surface area contributed by atoms with Crippen molar-refractivity contribution in [3.8, 4) is 5.75 Å². The standard InChI is InChI=1S/C20H19F2NO4/c1-2-6-18(25)26-13-17(24)23-19(14-7-4-3-5-8-14)15-9-11-16(12-10-15)27-20(21)22/h2-12,19-20H,13H2,1H3,(H,23,24)/b6-2+/t19-/m1/s1. The molecule has 0 aliphatic carbocycles. The van der Waals surface area contributed by atoms with Crippen LogP contribution in [0.15, 0.2) is 66.7 Å². The van der Waals surface area contributed by atoms with Crippen LogP contribution in [0.4, 0.5) is 8.78 Å². The van der Waals surface area contributed by atoms with Crippen molar-refractivity contribution in [3.05, 3.63) is 77.9 Å². The van der Waals surface area contributed by atoms with Gasteiger partial charge in [0, 0.05) is 6.08 Å². The van der Waals surface area contributed by atoms with Crippen LogP contribution < -0.4 is 10.1 Å². The smallest absolute Gasteiger partial charge is 0.387 e. The van der Waals surface area contributed by atoms with Crippen molar-refractivity contribution >= 4 is 11.9 Å². The lowest BCUT2D eigenvalue weighted by Crippen LogP contribution is -2.33. The molecule has 142 valence electrons. The van der Waals surface area contributed by atoms with Gasteiger partial charge in [0.25, 0.3) is 5.91 Å². The predicted octanol–water partition coefficient (Wildman–Crippen LogP) is 3.61. The third-order valence-electron chi connectivity index (χ3n) is 3.53. The first-order chi connectivity index (χ1) is 13.0. The van der Waals surface area contributed by atoms with E-state index >= 15 is 0 Å². The highest BCUT2D eigenvalue weighted by Gasteiger charge is 2.18. The number of carbonyl (C=O) groups excluding carboxylic acids is 2. The van der Waals surface area contributed by atoms with E-state index in [-0.39, 0.29) is 5.75 Å². The van der Waals surface area contributed by atoms with Crippen molar-refractivity contribution in [3.63, 3.8) is 0 Å². The first-order valence-corrected chi connectivity index (χ1v) is 8.18. The fourth-order valence-electron chi connectivity index (χ4n) is 2.37. The molecular weight excluding hydrogens is 356 g/mol. The number of rotatable bonds is 8. The molecule has 0 saturated heterocycles. The SMILES string of the molecule is C/C=C/C(=O)OCC(=O)N[C@H](c1ccccc1)c1ccc(OC(F)F)cc1. The Bertz CT molecular complexity index is 776. The molecule has 2 aromatic carbocycles. The first kappa shape index (κ1) is 20.1. The van der Waals surface area contributed by atoms with E-state index in [1.54, 1.807) is 19.1 Å². The molecular formula is C20H19F2NO4. The van der Waals surface area contributed by atoms with Crippen LogP contribution in [-0.2, 0) is 14.3 Å². The number of alkyl halides is 2. The molecule has 0 saturated carbocycles. The molecule has 0 bridgehead atoms. The van der Waals surface area contributed by atoms with Crippen molar-refractivity contribution in [2.75, 3.05) is 6.61 Å². The molecule has 1 N–H and O–H groups in total. The summed E-state index contributed by atoms with van der Waals surface area (Å²) in [6.45, 7) is -1.68. The van der Waals surface area contributed by atoms with Crippen LogP contribution in [-0.4, -0.2) is 25.1 Å². The van der Waals surface area contributed by atoms with E-state index in [0.29, 0.717) is 5.56 Å². The van der Waals surface area contributed by atoms with Gasteiger partial charge in [-0.05, 0) is 30.2 Å². The zero-order chi connectivity index (χ0) is 19.6. The number of esters is 1. The minimum absolute atomic E-state index is 0.0205. The van der Waals surface area contributed by atoms with E-state index in [9.17, 15) is 18.4 Å². The van der Waals surface area contributed by atoms with Crippen LogP contribution in [0.3, 0.4) is 0 Å². The lowest BCUT2D eigenvalue weighted by Gasteiger charge is -2.20. The summed E-state index contributed by atoms with van der Waals surface area (Å²) in [4.78, 5) is 23.5. The van der Waals surface area contributed by atoms with Crippen LogP contribution in [0.1, 0.15) is 24.1 Å². The highest BCUT2D eigenvalue weighted by molar-refractivity contribution is 5.85. The number of carbonyl (C=O) groups is 2. The molecule has 1 atom stereocenters. The zero-order valence-electron chi connectivity index (χ0n) is 14.6. The highest BCUT2D eigenvalue weighted by Crippen LogP contribution is 2.24. The number of allylic oxidation sites excluding steroid dienone is 1. The molecule has 5 nitrogen and oxygen atoms in total. The number of hydrogen-bond donors (Lipinski definition) is 1. The van der Waals surface area contributed by atoms with Crippen molar-refractivity contribution in [2.45, 2.75) is 19.6 Å². The number of hydrogen-bond acceptors (Lipinski definition) is 4. The number of benzene rings is 2. The Morgan fingerprint density at radius 3 is 2.26 bits per heavy atom. The minimum atomic E-state index is -2.91. The van der Waals surface area contributed by atoms with Crippen molar-refractivity contribution in [2.24, 2.45) is 0 Å². The molecule has 27 heavy (non-hydrogen) atoms. The first-order valence-electron chi connectivity index (χ1n) is 8.18. The number of ether oxygens (including phenoxy) is 2. The van der Waals surface area contributed by atoms with Gasteiger partial charge in [0.05, 0.1) is 6.04 Å². The fourth-order valence-corrected chi connectivity index (χ4v) is 2.37. The predicted molar refractivity (Wildman–Crippen MR) is 95.3 cm³/mol. The largest absolute Gasteiger partial charge is 0.452 e. The van der Waals surface area contributed by atoms with E-state index in [1.165, 1.54) is 24.3 Å². The Hall–Kier alpha value is -3.22. The van der Waals surface area contributed by atoms with Gasteiger partial charge in [0.15, 0.2) is 6.61 Å². The molecule has 0 aliphatic rings. The summed E-state index contributed by atoms with van der Waals surface area (Å²) in [7, 11) is 0. The van der Waals surface area contributed by atoms with Gasteiger partial charge in [0.2, 0.25) is 0 Å². The van der Waals surface area contributed by atoms with Gasteiger partial charge in [-0.1, -0.05) is 48.5 Å². The summed E-state index contributed by atoms with van der Waals surface area (Å²) in [5.41, 5.74) is 1.45. The zero-order valence-corrected chi connectivity index (χ0v) is 14.6. The second-order valence-corrected chi connectivity index (χ2v) is 5.47. The summed E-state index contributed by atoms with van der Waals surface area (Å²) in [5, 5.41) is 2.78. The van der Waals surface area contributed by atoms with Gasteiger partial charge in [-0.25, -0.2) is 4.79 Å². The average Bonchev–Trinajstić information content (AvgIpc) is 2.66. The van der Waals surface area contributed by atoms with Gasteiger partial charge in [-0.15, -0.1) is 0 Å². The van der Waals surface area contributed by atoms with E-state index in [1.807, 2.05) is 30.3 Å². The third-order valence-corrected chi connectivity index (χ3v) is 3.53. The molecule has 0 aliphatic heterocycles. The van der Waals surface area contributed by atoms with E-state index in [4.69, 9.17) is 4.74 Å². The Balaban J connectivity index is 2.15. The fraction of sp³-hybridized carbons (Fsp3) is 0.200. The Labute approximate surface area is 155 Å². The number of nitrogens with one attached hydrogen (secondary N) is 1. The van der Waals surface area contributed by atoms with Gasteiger partial charge in [-0.2, -0.15) is 8.78 Å². The topological polar surface area (TPSA) is 64.6 Å². The van der Waals surface area contributed by atoms with E-state index < -0.39 is 31.1 Å². The second-order valence-electron chi connectivity index (χ2n) is 5.47. The molecule has 0 aromatic heterocycles. The van der Waals surface area contributed by atoms with Crippen LogP contribution in [0.5, 0.6) is 5.75 Å². The highest BCUT2D eigenvalue weighted by atomic mass is 19.3. The minimum Gasteiger partial charge on any atom is -0.452 e. The quantitative estimate of drug-likeness (QED) is 0.565. The normalized spacial score (nSPS) is 12.0. The van der Waals surface area contributed by atoms with Crippen molar-refractivity contribution < 1.29 is 27.8 Å². The third kappa shape index (κ3) is 6.54. The summed E-state index contributed by atoms with van der Waals surface area (Å²) in [6, 6.07) is 14.5. The summed E-state index contributed by atoms with van der Waals surface area (Å²) >= 11 is 0.